The standard InChI is InChI=1S/C23H25N3O2/c27-22-11-4-3-10-21(22)26-14-12-25(13-15-26)17-23(28)24-16-19-8-5-7-18-6-1-2-9-20(18)19/h1-11,27H,12-17H2,(H,24,28). The highest BCUT2D eigenvalue weighted by molar-refractivity contribution is 5.86. The summed E-state index contributed by atoms with van der Waals surface area (Å²) in [5.41, 5.74) is 2.00. The predicted octanol–water partition coefficient (Wildman–Crippen LogP) is 2.98. The summed E-state index contributed by atoms with van der Waals surface area (Å²) < 4.78 is 0. The molecule has 0 aliphatic carbocycles. The van der Waals surface area contributed by atoms with Gasteiger partial charge >= 0.3 is 0 Å². The lowest BCUT2D eigenvalue weighted by Gasteiger charge is -2.35. The molecular formula is C23H25N3O2. The van der Waals surface area contributed by atoms with E-state index in [0.29, 0.717) is 18.8 Å². The number of para-hydroxylation sites is 2. The van der Waals surface area contributed by atoms with Crippen LogP contribution in [0.15, 0.2) is 66.7 Å². The number of phenols is 1. The number of hydrogen-bond acceptors (Lipinski definition) is 4. The molecule has 3 aromatic carbocycles. The summed E-state index contributed by atoms with van der Waals surface area (Å²) in [4.78, 5) is 16.7. The Hall–Kier alpha value is -3.05. The van der Waals surface area contributed by atoms with Gasteiger partial charge in [0.15, 0.2) is 0 Å². The number of carbonyl (C=O) groups is 1. The number of amides is 1. The Bertz CT molecular complexity index is 959. The van der Waals surface area contributed by atoms with Crippen molar-refractivity contribution in [1.82, 2.24) is 10.2 Å². The molecule has 1 aliphatic heterocycles. The molecule has 3 aromatic rings. The van der Waals surface area contributed by atoms with E-state index in [9.17, 15) is 9.90 Å². The average Bonchev–Trinajstić information content (AvgIpc) is 2.73. The summed E-state index contributed by atoms with van der Waals surface area (Å²) in [6.07, 6.45) is 0. The Kier molecular flexibility index (Phi) is 5.44. The molecule has 1 saturated heterocycles. The number of aromatic hydroxyl groups is 1. The normalized spacial score (nSPS) is 14.9. The summed E-state index contributed by atoms with van der Waals surface area (Å²) >= 11 is 0. The first-order valence-corrected chi connectivity index (χ1v) is 9.69. The van der Waals surface area contributed by atoms with Crippen molar-refractivity contribution in [2.45, 2.75) is 6.54 Å². The fourth-order valence-electron chi connectivity index (χ4n) is 3.78. The molecule has 1 heterocycles. The number of nitrogens with one attached hydrogen (secondary N) is 1. The maximum Gasteiger partial charge on any atom is 0.234 e. The van der Waals surface area contributed by atoms with Crippen LogP contribution in [0, 0.1) is 0 Å². The Morgan fingerprint density at radius 1 is 0.893 bits per heavy atom. The molecular weight excluding hydrogens is 350 g/mol. The molecule has 4 rings (SSSR count). The molecule has 0 saturated carbocycles. The van der Waals surface area contributed by atoms with E-state index in [1.54, 1.807) is 6.07 Å². The lowest BCUT2D eigenvalue weighted by molar-refractivity contribution is -0.122. The Morgan fingerprint density at radius 2 is 1.61 bits per heavy atom. The van der Waals surface area contributed by atoms with Gasteiger partial charge in [-0.05, 0) is 28.5 Å². The number of phenolic OH excluding ortho intramolecular Hbond substituents is 1. The molecule has 5 heteroatoms. The van der Waals surface area contributed by atoms with E-state index in [1.807, 2.05) is 36.4 Å². The minimum atomic E-state index is 0.0453. The van der Waals surface area contributed by atoms with Gasteiger partial charge in [-0.3, -0.25) is 9.69 Å². The molecule has 0 atom stereocenters. The van der Waals surface area contributed by atoms with E-state index in [-0.39, 0.29) is 5.91 Å². The van der Waals surface area contributed by atoms with Crippen molar-refractivity contribution in [1.29, 1.82) is 0 Å². The van der Waals surface area contributed by atoms with Crippen LogP contribution in [0.2, 0.25) is 0 Å². The van der Waals surface area contributed by atoms with Gasteiger partial charge in [-0.15, -0.1) is 0 Å². The number of carbonyl (C=O) groups excluding carboxylic acids is 1. The zero-order valence-corrected chi connectivity index (χ0v) is 15.8. The minimum Gasteiger partial charge on any atom is -0.506 e. The molecule has 1 fully saturated rings. The maximum absolute atomic E-state index is 12.4. The van der Waals surface area contributed by atoms with Crippen LogP contribution in [0.25, 0.3) is 10.8 Å². The molecule has 1 amide bonds. The van der Waals surface area contributed by atoms with Crippen molar-refractivity contribution in [2.75, 3.05) is 37.6 Å². The van der Waals surface area contributed by atoms with Crippen molar-refractivity contribution in [3.63, 3.8) is 0 Å². The molecule has 2 N–H and O–H groups in total. The van der Waals surface area contributed by atoms with Crippen LogP contribution < -0.4 is 10.2 Å². The molecule has 28 heavy (non-hydrogen) atoms. The number of hydrogen-bond donors (Lipinski definition) is 2. The van der Waals surface area contributed by atoms with Gasteiger partial charge < -0.3 is 15.3 Å². The van der Waals surface area contributed by atoms with Crippen LogP contribution in [0.1, 0.15) is 5.56 Å². The van der Waals surface area contributed by atoms with Gasteiger partial charge in [-0.1, -0.05) is 54.6 Å². The van der Waals surface area contributed by atoms with Crippen molar-refractivity contribution < 1.29 is 9.90 Å². The first-order valence-electron chi connectivity index (χ1n) is 9.69. The molecule has 5 nitrogen and oxygen atoms in total. The second kappa shape index (κ2) is 8.31. The summed E-state index contributed by atoms with van der Waals surface area (Å²) in [6, 6.07) is 21.8. The summed E-state index contributed by atoms with van der Waals surface area (Å²) in [6.45, 7) is 4.14. The molecule has 144 valence electrons. The molecule has 0 unspecified atom stereocenters. The minimum absolute atomic E-state index is 0.0453. The highest BCUT2D eigenvalue weighted by atomic mass is 16.3. The van der Waals surface area contributed by atoms with Gasteiger partial charge in [-0.2, -0.15) is 0 Å². The summed E-state index contributed by atoms with van der Waals surface area (Å²) in [5, 5.41) is 15.4. The summed E-state index contributed by atoms with van der Waals surface area (Å²) in [7, 11) is 0. The third-order valence-electron chi connectivity index (χ3n) is 5.32. The zero-order valence-electron chi connectivity index (χ0n) is 15.8. The van der Waals surface area contributed by atoms with Gasteiger partial charge in [0.1, 0.15) is 5.75 Å². The van der Waals surface area contributed by atoms with Crippen LogP contribution >= 0.6 is 0 Å². The van der Waals surface area contributed by atoms with Gasteiger partial charge in [0.25, 0.3) is 0 Å². The Balaban J connectivity index is 1.29. The predicted molar refractivity (Wildman–Crippen MR) is 113 cm³/mol. The van der Waals surface area contributed by atoms with E-state index in [0.717, 1.165) is 37.4 Å². The second-order valence-electron chi connectivity index (χ2n) is 7.17. The third kappa shape index (κ3) is 4.10. The van der Waals surface area contributed by atoms with Crippen LogP contribution in [0.3, 0.4) is 0 Å². The lowest BCUT2D eigenvalue weighted by atomic mass is 10.0. The Morgan fingerprint density at radius 3 is 2.43 bits per heavy atom. The van der Waals surface area contributed by atoms with Gasteiger partial charge in [0.2, 0.25) is 5.91 Å². The van der Waals surface area contributed by atoms with Crippen molar-refractivity contribution >= 4 is 22.4 Å². The number of nitrogens with zero attached hydrogens (tertiary/aromatic N) is 2. The quantitative estimate of drug-likeness (QED) is 0.720. The smallest absolute Gasteiger partial charge is 0.234 e. The van der Waals surface area contributed by atoms with Crippen LogP contribution in [0.5, 0.6) is 5.75 Å². The van der Waals surface area contributed by atoms with E-state index in [1.165, 1.54) is 10.8 Å². The lowest BCUT2D eigenvalue weighted by Crippen LogP contribution is -2.49. The van der Waals surface area contributed by atoms with E-state index in [2.05, 4.69) is 39.4 Å². The molecule has 0 radical (unpaired) electrons. The van der Waals surface area contributed by atoms with Crippen LogP contribution in [-0.4, -0.2) is 48.6 Å². The monoisotopic (exact) mass is 375 g/mol. The third-order valence-corrected chi connectivity index (χ3v) is 5.32. The average molecular weight is 375 g/mol. The van der Waals surface area contributed by atoms with Crippen molar-refractivity contribution in [3.8, 4) is 5.75 Å². The van der Waals surface area contributed by atoms with Gasteiger partial charge in [0, 0.05) is 32.7 Å². The van der Waals surface area contributed by atoms with Gasteiger partial charge in [0.05, 0.1) is 12.2 Å². The van der Waals surface area contributed by atoms with E-state index >= 15 is 0 Å². The molecule has 0 aromatic heterocycles. The largest absolute Gasteiger partial charge is 0.506 e. The highest BCUT2D eigenvalue weighted by Gasteiger charge is 2.20. The fraction of sp³-hybridized carbons (Fsp3) is 0.261. The zero-order chi connectivity index (χ0) is 19.3. The molecule has 1 aliphatic rings. The first kappa shape index (κ1) is 18.3. The summed E-state index contributed by atoms with van der Waals surface area (Å²) in [5.74, 6) is 0.354. The maximum atomic E-state index is 12.4. The molecule has 0 bridgehead atoms. The SMILES string of the molecule is O=C(CN1CCN(c2ccccc2O)CC1)NCc1cccc2ccccc12. The number of benzene rings is 3. The molecule has 0 spiro atoms. The topological polar surface area (TPSA) is 55.8 Å². The van der Waals surface area contributed by atoms with Gasteiger partial charge in [-0.25, -0.2) is 0 Å². The highest BCUT2D eigenvalue weighted by Crippen LogP contribution is 2.27. The van der Waals surface area contributed by atoms with Crippen molar-refractivity contribution in [3.05, 3.63) is 72.3 Å². The van der Waals surface area contributed by atoms with Crippen LogP contribution in [0.4, 0.5) is 5.69 Å². The number of anilines is 1. The van der Waals surface area contributed by atoms with Crippen LogP contribution in [-0.2, 0) is 11.3 Å². The second-order valence-corrected chi connectivity index (χ2v) is 7.17. The van der Waals surface area contributed by atoms with Crippen molar-refractivity contribution in [2.24, 2.45) is 0 Å². The number of piperazine rings is 1. The number of fused-ring (bicyclic) bond motifs is 1. The number of rotatable bonds is 5. The fourth-order valence-corrected chi connectivity index (χ4v) is 3.78. The van der Waals surface area contributed by atoms with E-state index < -0.39 is 0 Å². The first-order chi connectivity index (χ1) is 13.7. The Labute approximate surface area is 165 Å². The van der Waals surface area contributed by atoms with E-state index in [4.69, 9.17) is 0 Å².